The van der Waals surface area contributed by atoms with Gasteiger partial charge in [0.2, 0.25) is 17.7 Å². The predicted molar refractivity (Wildman–Crippen MR) is 112 cm³/mol. The van der Waals surface area contributed by atoms with Crippen LogP contribution in [0.25, 0.3) is 11.3 Å². The summed E-state index contributed by atoms with van der Waals surface area (Å²) >= 11 is 1.32. The molecule has 2 unspecified atom stereocenters. The molecule has 7 heteroatoms. The third kappa shape index (κ3) is 3.08. The average Bonchev–Trinajstić information content (AvgIpc) is 3.19. The number of rotatable bonds is 4. The van der Waals surface area contributed by atoms with Crippen molar-refractivity contribution in [2.24, 2.45) is 16.7 Å². The molecule has 3 amide bonds. The summed E-state index contributed by atoms with van der Waals surface area (Å²) in [6.07, 6.45) is 1.37. The minimum absolute atomic E-state index is 0.217. The molecule has 1 saturated carbocycles. The van der Waals surface area contributed by atoms with Crippen molar-refractivity contribution in [3.8, 4) is 11.3 Å². The number of carbonyl (C=O) groups excluding carboxylic acids is 3. The van der Waals surface area contributed by atoms with Gasteiger partial charge in [-0.3, -0.25) is 19.3 Å². The molecule has 1 aromatic carbocycles. The molecular formula is C22H25N3O3S. The zero-order valence-corrected chi connectivity index (χ0v) is 17.9. The molecule has 29 heavy (non-hydrogen) atoms. The minimum atomic E-state index is -0.606. The van der Waals surface area contributed by atoms with Gasteiger partial charge in [0.05, 0.1) is 11.1 Å². The highest BCUT2D eigenvalue weighted by Crippen LogP contribution is 2.59. The first-order chi connectivity index (χ1) is 13.6. The molecule has 0 radical (unpaired) electrons. The number of anilines is 1. The van der Waals surface area contributed by atoms with Crippen LogP contribution in [0.1, 0.15) is 39.2 Å². The Kier molecular flexibility index (Phi) is 4.61. The third-order valence-corrected chi connectivity index (χ3v) is 7.66. The first kappa shape index (κ1) is 19.8. The van der Waals surface area contributed by atoms with Crippen LogP contribution >= 0.6 is 11.3 Å². The van der Waals surface area contributed by atoms with E-state index in [1.807, 2.05) is 57.3 Å². The molecule has 152 valence electrons. The van der Waals surface area contributed by atoms with E-state index >= 15 is 0 Å². The maximum absolute atomic E-state index is 13.0. The van der Waals surface area contributed by atoms with Crippen molar-refractivity contribution >= 4 is 34.2 Å². The van der Waals surface area contributed by atoms with Crippen molar-refractivity contribution in [2.45, 2.75) is 40.5 Å². The fourth-order valence-corrected chi connectivity index (χ4v) is 5.28. The molecule has 2 atom stereocenters. The second kappa shape index (κ2) is 6.76. The number of benzene rings is 1. The van der Waals surface area contributed by atoms with Crippen LogP contribution in [0.5, 0.6) is 0 Å². The number of aromatic nitrogens is 1. The van der Waals surface area contributed by atoms with Gasteiger partial charge in [0.25, 0.3) is 0 Å². The van der Waals surface area contributed by atoms with Gasteiger partial charge in [-0.25, -0.2) is 4.98 Å². The van der Waals surface area contributed by atoms with Crippen LogP contribution in [-0.2, 0) is 14.4 Å². The average molecular weight is 412 g/mol. The highest BCUT2D eigenvalue weighted by Gasteiger charge is 2.64. The first-order valence-corrected chi connectivity index (χ1v) is 10.7. The SMILES string of the molecule is Cc1ccc(-c2csc(NC(=O)CN3C(=O)C4CCC(C)(C3=O)C4(C)C)n2)cc1. The van der Waals surface area contributed by atoms with Gasteiger partial charge >= 0.3 is 0 Å². The number of amides is 3. The van der Waals surface area contributed by atoms with Crippen LogP contribution in [-0.4, -0.2) is 34.2 Å². The van der Waals surface area contributed by atoms with E-state index < -0.39 is 11.3 Å². The van der Waals surface area contributed by atoms with E-state index in [9.17, 15) is 14.4 Å². The molecule has 6 nitrogen and oxygen atoms in total. The molecular weight excluding hydrogens is 386 g/mol. The van der Waals surface area contributed by atoms with Gasteiger partial charge in [-0.2, -0.15) is 0 Å². The highest BCUT2D eigenvalue weighted by molar-refractivity contribution is 7.14. The summed E-state index contributed by atoms with van der Waals surface area (Å²) in [7, 11) is 0. The quantitative estimate of drug-likeness (QED) is 0.775. The Balaban J connectivity index is 1.46. The van der Waals surface area contributed by atoms with Crippen LogP contribution in [0.4, 0.5) is 5.13 Å². The van der Waals surface area contributed by atoms with Gasteiger partial charge in [-0.1, -0.05) is 50.6 Å². The first-order valence-electron chi connectivity index (χ1n) is 9.82. The monoisotopic (exact) mass is 411 g/mol. The number of nitrogens with one attached hydrogen (secondary N) is 1. The van der Waals surface area contributed by atoms with Gasteiger partial charge < -0.3 is 5.32 Å². The Bertz CT molecular complexity index is 995. The lowest BCUT2D eigenvalue weighted by atomic mass is 9.62. The third-order valence-electron chi connectivity index (χ3n) is 6.91. The van der Waals surface area contributed by atoms with Gasteiger partial charge in [-0.15, -0.1) is 11.3 Å². The molecule has 2 bridgehead atoms. The normalized spacial score (nSPS) is 25.4. The fraction of sp³-hybridized carbons (Fsp3) is 0.455. The van der Waals surface area contributed by atoms with E-state index in [1.165, 1.54) is 16.9 Å². The van der Waals surface area contributed by atoms with Crippen LogP contribution < -0.4 is 5.32 Å². The molecule has 2 aliphatic rings. The molecule has 2 heterocycles. The molecule has 1 aromatic heterocycles. The number of hydrogen-bond acceptors (Lipinski definition) is 5. The fourth-order valence-electron chi connectivity index (χ4n) is 4.54. The van der Waals surface area contributed by atoms with Gasteiger partial charge in [-0.05, 0) is 25.2 Å². The van der Waals surface area contributed by atoms with Gasteiger partial charge in [0, 0.05) is 16.9 Å². The van der Waals surface area contributed by atoms with E-state index in [0.29, 0.717) is 18.0 Å². The number of thiazole rings is 1. The van der Waals surface area contributed by atoms with E-state index in [-0.39, 0.29) is 29.7 Å². The summed E-state index contributed by atoms with van der Waals surface area (Å²) in [6, 6.07) is 7.99. The maximum atomic E-state index is 13.0. The topological polar surface area (TPSA) is 79.4 Å². The van der Waals surface area contributed by atoms with Crippen molar-refractivity contribution in [1.82, 2.24) is 9.88 Å². The van der Waals surface area contributed by atoms with Gasteiger partial charge in [0.1, 0.15) is 6.54 Å². The van der Waals surface area contributed by atoms with Crippen LogP contribution in [0, 0.1) is 23.7 Å². The standard InChI is InChI=1S/C22H25N3O3S/c1-13-5-7-14(8-6-13)16-12-29-20(23-16)24-17(26)11-25-18(27)15-9-10-22(4,19(25)28)21(15,2)3/h5-8,12,15H,9-11H2,1-4H3,(H,23,24,26). The molecule has 1 aliphatic heterocycles. The second-order valence-electron chi connectivity index (χ2n) is 8.83. The number of fused-ring (bicyclic) bond motifs is 2. The van der Waals surface area contributed by atoms with E-state index in [1.54, 1.807) is 0 Å². The summed E-state index contributed by atoms with van der Waals surface area (Å²) in [5, 5.41) is 5.07. The molecule has 1 N–H and O–H groups in total. The Hall–Kier alpha value is -2.54. The van der Waals surface area contributed by atoms with Gasteiger partial charge in [0.15, 0.2) is 5.13 Å². The van der Waals surface area contributed by atoms with E-state index in [4.69, 9.17) is 0 Å². The molecule has 2 fully saturated rings. The molecule has 4 rings (SSSR count). The Labute approximate surface area is 174 Å². The summed E-state index contributed by atoms with van der Waals surface area (Å²) in [6.45, 7) is 7.65. The largest absolute Gasteiger partial charge is 0.300 e. The number of carbonyl (C=O) groups is 3. The Morgan fingerprint density at radius 3 is 2.62 bits per heavy atom. The van der Waals surface area contributed by atoms with E-state index in [2.05, 4.69) is 10.3 Å². The van der Waals surface area contributed by atoms with Crippen molar-refractivity contribution in [2.75, 3.05) is 11.9 Å². The van der Waals surface area contributed by atoms with Crippen molar-refractivity contribution in [3.63, 3.8) is 0 Å². The summed E-state index contributed by atoms with van der Waals surface area (Å²) in [4.78, 5) is 44.1. The second-order valence-corrected chi connectivity index (χ2v) is 9.68. The van der Waals surface area contributed by atoms with Crippen LogP contribution in [0.2, 0.25) is 0 Å². The summed E-state index contributed by atoms with van der Waals surface area (Å²) in [5.74, 6) is -1.09. The van der Waals surface area contributed by atoms with Crippen LogP contribution in [0.15, 0.2) is 29.6 Å². The highest BCUT2D eigenvalue weighted by atomic mass is 32.1. The van der Waals surface area contributed by atoms with E-state index in [0.717, 1.165) is 16.2 Å². The van der Waals surface area contributed by atoms with Crippen LogP contribution in [0.3, 0.4) is 0 Å². The summed E-state index contributed by atoms with van der Waals surface area (Å²) < 4.78 is 0. The molecule has 1 aliphatic carbocycles. The number of likely N-dealkylation sites (tertiary alicyclic amines) is 1. The number of piperidine rings is 1. The zero-order chi connectivity index (χ0) is 21.0. The number of imide groups is 1. The number of nitrogens with zero attached hydrogens (tertiary/aromatic N) is 2. The minimum Gasteiger partial charge on any atom is -0.300 e. The Morgan fingerprint density at radius 1 is 1.24 bits per heavy atom. The number of hydrogen-bond donors (Lipinski definition) is 1. The maximum Gasteiger partial charge on any atom is 0.246 e. The lowest BCUT2D eigenvalue weighted by molar-refractivity contribution is -0.168. The lowest BCUT2D eigenvalue weighted by Crippen LogP contribution is -2.60. The lowest BCUT2D eigenvalue weighted by Gasteiger charge is -2.47. The molecule has 0 spiro atoms. The smallest absolute Gasteiger partial charge is 0.246 e. The number of aryl methyl sites for hydroxylation is 1. The molecule has 2 aromatic rings. The van der Waals surface area contributed by atoms with Crippen molar-refractivity contribution < 1.29 is 14.4 Å². The summed E-state index contributed by atoms with van der Waals surface area (Å²) in [5.41, 5.74) is 1.93. The Morgan fingerprint density at radius 2 is 1.93 bits per heavy atom. The van der Waals surface area contributed by atoms with Crippen molar-refractivity contribution in [3.05, 3.63) is 35.2 Å². The van der Waals surface area contributed by atoms with Crippen molar-refractivity contribution in [1.29, 1.82) is 0 Å². The predicted octanol–water partition coefficient (Wildman–Crippen LogP) is 3.87. The molecule has 1 saturated heterocycles. The zero-order valence-electron chi connectivity index (χ0n) is 17.1.